The second-order valence-electron chi connectivity index (χ2n) is 5.54. The summed E-state index contributed by atoms with van der Waals surface area (Å²) in [5.41, 5.74) is 1.81. The van der Waals surface area contributed by atoms with Gasteiger partial charge in [0.25, 0.3) is 0 Å². The number of carbonyl (C=O) groups is 1. The van der Waals surface area contributed by atoms with Crippen LogP contribution in [0.2, 0.25) is 5.02 Å². The van der Waals surface area contributed by atoms with Gasteiger partial charge in [0.2, 0.25) is 0 Å². The summed E-state index contributed by atoms with van der Waals surface area (Å²) in [6, 6.07) is 7.40. The van der Waals surface area contributed by atoms with Gasteiger partial charge in [-0.05, 0) is 44.5 Å². The van der Waals surface area contributed by atoms with Gasteiger partial charge >= 0.3 is 0 Å². The van der Waals surface area contributed by atoms with Crippen molar-refractivity contribution in [3.05, 3.63) is 52.3 Å². The Morgan fingerprint density at radius 1 is 1.31 bits per heavy atom. The number of halogens is 2. The fraction of sp³-hybridized carbons (Fsp3) is 0.250. The van der Waals surface area contributed by atoms with Crippen LogP contribution in [0.15, 0.2) is 40.7 Å². The average Bonchev–Trinajstić information content (AvgIpc) is 2.62. The van der Waals surface area contributed by atoms with Gasteiger partial charge in [0, 0.05) is 24.2 Å². The molecule has 2 rings (SSSR count). The first-order valence-electron chi connectivity index (χ1n) is 8.19. The zero-order chi connectivity index (χ0) is 19.3. The van der Waals surface area contributed by atoms with Crippen molar-refractivity contribution in [3.63, 3.8) is 0 Å². The molecule has 0 fully saturated rings. The van der Waals surface area contributed by atoms with E-state index in [1.165, 1.54) is 25.1 Å². The molecule has 2 aromatic rings. The molecule has 0 unspecified atom stereocenters. The van der Waals surface area contributed by atoms with E-state index < -0.39 is 5.82 Å². The van der Waals surface area contributed by atoms with Crippen molar-refractivity contribution < 1.29 is 9.18 Å². The number of Topliss-reactive ketones (excluding diaryl/α,β-unsaturated/α-hetero) is 1. The number of terminal acetylenes is 1. The maximum atomic E-state index is 13.8. The van der Waals surface area contributed by atoms with Crippen molar-refractivity contribution in [1.82, 2.24) is 5.01 Å². The summed E-state index contributed by atoms with van der Waals surface area (Å²) >= 11 is 6.27. The van der Waals surface area contributed by atoms with Crippen LogP contribution in [0, 0.1) is 18.2 Å². The quantitative estimate of drug-likeness (QED) is 0.284. The third kappa shape index (κ3) is 4.09. The molecule has 0 aliphatic rings. The van der Waals surface area contributed by atoms with Gasteiger partial charge in [0.15, 0.2) is 5.78 Å². The summed E-state index contributed by atoms with van der Waals surface area (Å²) in [7, 11) is 0. The van der Waals surface area contributed by atoms with E-state index in [2.05, 4.69) is 16.3 Å². The Morgan fingerprint density at radius 2 is 2.00 bits per heavy atom. The molecule has 0 aliphatic heterocycles. The highest BCUT2D eigenvalue weighted by Crippen LogP contribution is 2.41. The average molecular weight is 372 g/mol. The van der Waals surface area contributed by atoms with Crippen LogP contribution in [0.1, 0.15) is 36.7 Å². The Morgan fingerprint density at radius 3 is 2.54 bits per heavy atom. The number of benzene rings is 2. The molecule has 26 heavy (non-hydrogen) atoms. The van der Waals surface area contributed by atoms with E-state index >= 15 is 0 Å². The third-order valence-corrected chi connectivity index (χ3v) is 4.19. The van der Waals surface area contributed by atoms with Crippen LogP contribution in [0.4, 0.5) is 10.1 Å². The summed E-state index contributed by atoms with van der Waals surface area (Å²) < 4.78 is 13.8. The Labute approximate surface area is 157 Å². The Kier molecular flexibility index (Phi) is 6.48. The van der Waals surface area contributed by atoms with Gasteiger partial charge in [-0.2, -0.15) is 0 Å². The van der Waals surface area contributed by atoms with Gasteiger partial charge in [-0.25, -0.2) is 4.39 Å². The van der Waals surface area contributed by atoms with E-state index in [4.69, 9.17) is 18.0 Å². The van der Waals surface area contributed by atoms with E-state index in [1.807, 2.05) is 13.8 Å². The molecule has 0 spiro atoms. The monoisotopic (exact) mass is 371 g/mol. The molecule has 0 bridgehead atoms. The molecular weight excluding hydrogens is 353 g/mol. The van der Waals surface area contributed by atoms with Gasteiger partial charge in [-0.1, -0.05) is 34.9 Å². The van der Waals surface area contributed by atoms with E-state index in [1.54, 1.807) is 17.1 Å². The van der Waals surface area contributed by atoms with Gasteiger partial charge in [-0.3, -0.25) is 9.80 Å². The minimum Gasteiger partial charge on any atom is -0.294 e. The SMILES string of the molecule is C#Cc1c(Cl)cc(C(C)=O)c(-c2cccc(F)c2)c1/N=N/N(CC)CC. The molecule has 0 radical (unpaired) electrons. The first-order chi connectivity index (χ1) is 12.4. The van der Waals surface area contributed by atoms with E-state index in [9.17, 15) is 9.18 Å². The van der Waals surface area contributed by atoms with E-state index in [0.717, 1.165) is 0 Å². The molecule has 0 saturated heterocycles. The summed E-state index contributed by atoms with van der Waals surface area (Å²) in [5.74, 6) is 1.85. The Hall–Kier alpha value is -2.71. The van der Waals surface area contributed by atoms with Crippen molar-refractivity contribution in [2.24, 2.45) is 10.3 Å². The second-order valence-corrected chi connectivity index (χ2v) is 5.95. The normalized spacial score (nSPS) is 10.8. The maximum absolute atomic E-state index is 13.8. The molecule has 0 atom stereocenters. The Bertz CT molecular complexity index is 899. The van der Waals surface area contributed by atoms with Crippen LogP contribution in [0.5, 0.6) is 0 Å². The van der Waals surface area contributed by atoms with Crippen LogP contribution in [0.25, 0.3) is 11.1 Å². The number of hydrogen-bond acceptors (Lipinski definition) is 3. The summed E-state index contributed by atoms with van der Waals surface area (Å²) in [6.45, 7) is 6.60. The summed E-state index contributed by atoms with van der Waals surface area (Å²) in [4.78, 5) is 12.2. The highest BCUT2D eigenvalue weighted by Gasteiger charge is 2.21. The number of carbonyl (C=O) groups excluding carboxylic acids is 1. The molecular formula is C20H19ClFN3O. The summed E-state index contributed by atoms with van der Waals surface area (Å²) in [6.07, 6.45) is 5.62. The van der Waals surface area contributed by atoms with Gasteiger partial charge in [0.1, 0.15) is 11.5 Å². The molecule has 0 saturated carbocycles. The largest absolute Gasteiger partial charge is 0.294 e. The lowest BCUT2D eigenvalue weighted by molar-refractivity contribution is 0.101. The van der Waals surface area contributed by atoms with Gasteiger partial charge in [-0.15, -0.1) is 11.5 Å². The standard InChI is InChI=1S/C20H19ClFN3O/c1-5-16-18(21)12-17(13(4)26)19(14-9-8-10-15(22)11-14)20(16)23-24-25(6-2)7-3/h1,8-12H,6-7H2,2-4H3/b24-23+. The minimum atomic E-state index is -0.430. The van der Waals surface area contributed by atoms with E-state index in [0.29, 0.717) is 35.3 Å². The molecule has 2 aromatic carbocycles. The van der Waals surface area contributed by atoms with Crippen molar-refractivity contribution in [2.75, 3.05) is 13.1 Å². The lowest BCUT2D eigenvalue weighted by atomic mass is 9.93. The van der Waals surface area contributed by atoms with Gasteiger partial charge < -0.3 is 0 Å². The molecule has 6 heteroatoms. The van der Waals surface area contributed by atoms with Crippen molar-refractivity contribution in [1.29, 1.82) is 0 Å². The van der Waals surface area contributed by atoms with Gasteiger partial charge in [0.05, 0.1) is 10.6 Å². The Balaban J connectivity index is 2.85. The fourth-order valence-electron chi connectivity index (χ4n) is 2.55. The lowest BCUT2D eigenvalue weighted by Crippen LogP contribution is -2.14. The maximum Gasteiger partial charge on any atom is 0.160 e. The number of nitrogens with zero attached hydrogens (tertiary/aromatic N) is 3. The topological polar surface area (TPSA) is 45.0 Å². The number of hydrogen-bond donors (Lipinski definition) is 0. The highest BCUT2D eigenvalue weighted by molar-refractivity contribution is 6.33. The smallest absolute Gasteiger partial charge is 0.160 e. The molecule has 0 heterocycles. The molecule has 0 aromatic heterocycles. The van der Waals surface area contributed by atoms with Crippen molar-refractivity contribution in [2.45, 2.75) is 20.8 Å². The van der Waals surface area contributed by atoms with Crippen LogP contribution in [-0.4, -0.2) is 23.9 Å². The second kappa shape index (κ2) is 8.59. The first-order valence-corrected chi connectivity index (χ1v) is 8.57. The third-order valence-electron chi connectivity index (χ3n) is 3.89. The zero-order valence-corrected chi connectivity index (χ0v) is 15.6. The van der Waals surface area contributed by atoms with Crippen LogP contribution < -0.4 is 0 Å². The van der Waals surface area contributed by atoms with Crippen LogP contribution in [0.3, 0.4) is 0 Å². The van der Waals surface area contributed by atoms with E-state index in [-0.39, 0.29) is 16.5 Å². The molecule has 0 N–H and O–H groups in total. The van der Waals surface area contributed by atoms with Crippen molar-refractivity contribution in [3.8, 4) is 23.5 Å². The zero-order valence-electron chi connectivity index (χ0n) is 14.9. The van der Waals surface area contributed by atoms with Crippen LogP contribution in [-0.2, 0) is 0 Å². The lowest BCUT2D eigenvalue weighted by Gasteiger charge is -2.16. The molecule has 0 amide bonds. The fourth-order valence-corrected chi connectivity index (χ4v) is 2.80. The predicted molar refractivity (Wildman–Crippen MR) is 102 cm³/mol. The number of rotatable bonds is 6. The molecule has 0 aliphatic carbocycles. The predicted octanol–water partition coefficient (Wildman–Crippen LogP) is 5.67. The number of ketones is 1. The summed E-state index contributed by atoms with van der Waals surface area (Å²) in [5, 5.41) is 10.4. The molecule has 134 valence electrons. The van der Waals surface area contributed by atoms with Crippen LogP contribution >= 0.6 is 11.6 Å². The minimum absolute atomic E-state index is 0.228. The molecule has 4 nitrogen and oxygen atoms in total. The first kappa shape index (κ1) is 19.6. The van der Waals surface area contributed by atoms with Crippen molar-refractivity contribution >= 4 is 23.1 Å². The highest BCUT2D eigenvalue weighted by atomic mass is 35.5.